The molecule has 1 aromatic rings. The van der Waals surface area contributed by atoms with Gasteiger partial charge in [0, 0.05) is 24.8 Å². The summed E-state index contributed by atoms with van der Waals surface area (Å²) in [6.45, 7) is 4.43. The van der Waals surface area contributed by atoms with Crippen LogP contribution in [0.3, 0.4) is 0 Å². The lowest BCUT2D eigenvalue weighted by Gasteiger charge is -2.24. The number of ether oxygens (including phenoxy) is 1. The van der Waals surface area contributed by atoms with Gasteiger partial charge in [-0.25, -0.2) is 9.98 Å². The first-order valence-corrected chi connectivity index (χ1v) is 9.46. The Kier molecular flexibility index (Phi) is 6.33. The minimum atomic E-state index is 0.563. The van der Waals surface area contributed by atoms with E-state index in [9.17, 15) is 0 Å². The van der Waals surface area contributed by atoms with Crippen molar-refractivity contribution in [2.75, 3.05) is 13.2 Å². The van der Waals surface area contributed by atoms with Gasteiger partial charge < -0.3 is 15.4 Å². The van der Waals surface area contributed by atoms with E-state index in [0.717, 1.165) is 36.5 Å². The van der Waals surface area contributed by atoms with Crippen LogP contribution in [0.4, 0.5) is 0 Å². The van der Waals surface area contributed by atoms with Crippen LogP contribution in [0.5, 0.6) is 5.88 Å². The monoisotopic (exact) mass is 330 g/mol. The molecule has 0 amide bonds. The maximum absolute atomic E-state index is 5.68. The van der Waals surface area contributed by atoms with E-state index in [4.69, 9.17) is 9.73 Å². The predicted molar refractivity (Wildman–Crippen MR) is 97.3 cm³/mol. The van der Waals surface area contributed by atoms with Crippen LogP contribution < -0.4 is 15.4 Å². The number of hydrogen-bond acceptors (Lipinski definition) is 3. The molecule has 0 radical (unpaired) electrons. The lowest BCUT2D eigenvalue weighted by molar-refractivity contribution is 0.288. The Hall–Kier alpha value is -1.78. The van der Waals surface area contributed by atoms with Gasteiger partial charge >= 0.3 is 0 Å². The van der Waals surface area contributed by atoms with Crippen LogP contribution in [-0.4, -0.2) is 30.1 Å². The molecule has 5 nitrogen and oxygen atoms in total. The zero-order valence-electron chi connectivity index (χ0n) is 14.8. The highest BCUT2D eigenvalue weighted by Crippen LogP contribution is 2.29. The molecule has 3 rings (SSSR count). The number of rotatable bonds is 7. The van der Waals surface area contributed by atoms with Crippen molar-refractivity contribution in [1.29, 1.82) is 0 Å². The molecule has 0 atom stereocenters. The number of aromatic nitrogens is 1. The fourth-order valence-corrected chi connectivity index (χ4v) is 3.01. The van der Waals surface area contributed by atoms with Gasteiger partial charge in [0.05, 0.1) is 13.2 Å². The van der Waals surface area contributed by atoms with Gasteiger partial charge in [-0.15, -0.1) is 0 Å². The van der Waals surface area contributed by atoms with Crippen LogP contribution in [0.1, 0.15) is 57.4 Å². The molecule has 0 bridgehead atoms. The second-order valence-corrected chi connectivity index (χ2v) is 6.93. The molecule has 2 saturated carbocycles. The third kappa shape index (κ3) is 5.69. The lowest BCUT2D eigenvalue weighted by Crippen LogP contribution is -2.44. The highest BCUT2D eigenvalue weighted by molar-refractivity contribution is 5.80. The molecule has 0 saturated heterocycles. The van der Waals surface area contributed by atoms with Crippen molar-refractivity contribution in [1.82, 2.24) is 15.6 Å². The molecule has 2 aliphatic rings. The standard InChI is InChI=1S/C19H30N4O/c1-2-20-19(23-17-6-4-3-5-7-17)22-13-16-10-11-18(21-12-16)24-14-15-8-9-15/h10-12,15,17H,2-9,13-14H2,1H3,(H2,20,22,23). The van der Waals surface area contributed by atoms with Gasteiger partial charge in [-0.05, 0) is 44.1 Å². The number of aliphatic imine (C=N–C) groups is 1. The summed E-state index contributed by atoms with van der Waals surface area (Å²) in [7, 11) is 0. The number of nitrogens with zero attached hydrogens (tertiary/aromatic N) is 2. The van der Waals surface area contributed by atoms with E-state index in [0.29, 0.717) is 12.6 Å². The topological polar surface area (TPSA) is 58.5 Å². The van der Waals surface area contributed by atoms with Crippen LogP contribution in [-0.2, 0) is 6.54 Å². The van der Waals surface area contributed by atoms with E-state index in [1.54, 1.807) is 0 Å². The molecule has 5 heteroatoms. The minimum Gasteiger partial charge on any atom is -0.477 e. The van der Waals surface area contributed by atoms with Crippen LogP contribution >= 0.6 is 0 Å². The van der Waals surface area contributed by atoms with Crippen molar-refractivity contribution in [2.45, 2.75) is 64.5 Å². The summed E-state index contributed by atoms with van der Waals surface area (Å²) in [5.74, 6) is 2.39. The molecule has 1 aromatic heterocycles. The van der Waals surface area contributed by atoms with E-state index in [1.807, 2.05) is 12.3 Å². The molecule has 0 spiro atoms. The lowest BCUT2D eigenvalue weighted by atomic mass is 9.96. The van der Waals surface area contributed by atoms with Crippen LogP contribution in [0.15, 0.2) is 23.3 Å². The summed E-state index contributed by atoms with van der Waals surface area (Å²) in [4.78, 5) is 9.09. The number of guanidine groups is 1. The summed E-state index contributed by atoms with van der Waals surface area (Å²) in [6, 6.07) is 4.57. The van der Waals surface area contributed by atoms with E-state index in [1.165, 1.54) is 44.9 Å². The van der Waals surface area contributed by atoms with Gasteiger partial charge in [0.1, 0.15) is 0 Å². The van der Waals surface area contributed by atoms with Crippen molar-refractivity contribution in [3.8, 4) is 5.88 Å². The van der Waals surface area contributed by atoms with Crippen LogP contribution in [0, 0.1) is 5.92 Å². The van der Waals surface area contributed by atoms with Gasteiger partial charge in [0.25, 0.3) is 0 Å². The summed E-state index contributed by atoms with van der Waals surface area (Å²) < 4.78 is 5.68. The summed E-state index contributed by atoms with van der Waals surface area (Å²) in [5, 5.41) is 6.92. The number of pyridine rings is 1. The molecule has 132 valence electrons. The molecular weight excluding hydrogens is 300 g/mol. The molecule has 24 heavy (non-hydrogen) atoms. The van der Waals surface area contributed by atoms with Crippen molar-refractivity contribution in [3.63, 3.8) is 0 Å². The van der Waals surface area contributed by atoms with E-state index >= 15 is 0 Å². The zero-order chi connectivity index (χ0) is 16.6. The smallest absolute Gasteiger partial charge is 0.213 e. The number of hydrogen-bond donors (Lipinski definition) is 2. The Morgan fingerprint density at radius 2 is 2.04 bits per heavy atom. The maximum atomic E-state index is 5.68. The third-order valence-corrected chi connectivity index (χ3v) is 4.67. The summed E-state index contributed by atoms with van der Waals surface area (Å²) >= 11 is 0. The Morgan fingerprint density at radius 3 is 2.71 bits per heavy atom. The number of nitrogens with one attached hydrogen (secondary N) is 2. The van der Waals surface area contributed by atoms with Crippen molar-refractivity contribution in [3.05, 3.63) is 23.9 Å². The predicted octanol–water partition coefficient (Wildman–Crippen LogP) is 3.26. The van der Waals surface area contributed by atoms with Crippen LogP contribution in [0.2, 0.25) is 0 Å². The van der Waals surface area contributed by atoms with Gasteiger partial charge in [-0.1, -0.05) is 25.3 Å². The molecule has 2 fully saturated rings. The highest BCUT2D eigenvalue weighted by atomic mass is 16.5. The summed E-state index contributed by atoms with van der Waals surface area (Å²) in [5.41, 5.74) is 1.11. The molecule has 0 aromatic carbocycles. The first-order valence-electron chi connectivity index (χ1n) is 9.46. The van der Waals surface area contributed by atoms with E-state index < -0.39 is 0 Å². The third-order valence-electron chi connectivity index (χ3n) is 4.67. The average molecular weight is 330 g/mol. The molecule has 1 heterocycles. The van der Waals surface area contributed by atoms with Crippen LogP contribution in [0.25, 0.3) is 0 Å². The summed E-state index contributed by atoms with van der Waals surface area (Å²) in [6.07, 6.45) is 11.0. The largest absolute Gasteiger partial charge is 0.477 e. The first kappa shape index (κ1) is 17.1. The quantitative estimate of drug-likeness (QED) is 0.595. The average Bonchev–Trinajstić information content (AvgIpc) is 3.44. The fourth-order valence-electron chi connectivity index (χ4n) is 3.01. The fraction of sp³-hybridized carbons (Fsp3) is 0.684. The van der Waals surface area contributed by atoms with Crippen molar-refractivity contribution in [2.24, 2.45) is 10.9 Å². The normalized spacial score (nSPS) is 19.1. The van der Waals surface area contributed by atoms with E-state index in [2.05, 4.69) is 28.6 Å². The Bertz CT molecular complexity index is 519. The maximum Gasteiger partial charge on any atom is 0.213 e. The SMILES string of the molecule is CCNC(=NCc1ccc(OCC2CC2)nc1)NC1CCCCC1. The Balaban J connectivity index is 1.50. The zero-order valence-corrected chi connectivity index (χ0v) is 14.8. The van der Waals surface area contributed by atoms with Gasteiger partial charge in [0.2, 0.25) is 5.88 Å². The second-order valence-electron chi connectivity index (χ2n) is 6.93. The highest BCUT2D eigenvalue weighted by Gasteiger charge is 2.22. The van der Waals surface area contributed by atoms with Gasteiger partial charge in [0.15, 0.2) is 5.96 Å². The van der Waals surface area contributed by atoms with Crippen molar-refractivity contribution < 1.29 is 4.74 Å². The minimum absolute atomic E-state index is 0.563. The molecule has 2 aliphatic carbocycles. The molecule has 2 N–H and O–H groups in total. The van der Waals surface area contributed by atoms with Crippen molar-refractivity contribution >= 4 is 5.96 Å². The molecule has 0 aliphatic heterocycles. The van der Waals surface area contributed by atoms with Gasteiger partial charge in [-0.3, -0.25) is 0 Å². The Labute approximate surface area is 145 Å². The molecule has 0 unspecified atom stereocenters. The van der Waals surface area contributed by atoms with E-state index in [-0.39, 0.29) is 0 Å². The Morgan fingerprint density at radius 1 is 1.21 bits per heavy atom. The van der Waals surface area contributed by atoms with Gasteiger partial charge in [-0.2, -0.15) is 0 Å². The first-order chi connectivity index (χ1) is 11.8. The second kappa shape index (κ2) is 8.90. The molecular formula is C19H30N4O.